The van der Waals surface area contributed by atoms with E-state index in [0.717, 1.165) is 0 Å². The number of amides is 2. The van der Waals surface area contributed by atoms with E-state index in [0.29, 0.717) is 10.7 Å². The summed E-state index contributed by atoms with van der Waals surface area (Å²) in [6.07, 6.45) is 0. The third kappa shape index (κ3) is 4.20. The Bertz CT molecular complexity index is 481. The van der Waals surface area contributed by atoms with Crippen molar-refractivity contribution in [3.63, 3.8) is 0 Å². The molecule has 0 saturated heterocycles. The molecule has 1 aromatic rings. The fraction of sp³-hybridized carbons (Fsp3) is 0.333. The maximum atomic E-state index is 11.6. The molecule has 0 aliphatic heterocycles. The van der Waals surface area contributed by atoms with Crippen LogP contribution < -0.4 is 10.6 Å². The minimum atomic E-state index is -0.783. The molecule has 0 heterocycles. The standard InChI is InChI=1S/C12H14Cl2N2O2/c1-12(2,3)16-11(18)10(17)15-8-6-4-5-7(13)9(8)14/h4-6H,1-3H3,(H,15,17)(H,16,18). The molecule has 0 aliphatic rings. The van der Waals surface area contributed by atoms with Crippen LogP contribution in [0.15, 0.2) is 18.2 Å². The van der Waals surface area contributed by atoms with Gasteiger partial charge in [-0.25, -0.2) is 0 Å². The summed E-state index contributed by atoms with van der Waals surface area (Å²) in [5.41, 5.74) is -0.176. The van der Waals surface area contributed by atoms with Gasteiger partial charge in [0.1, 0.15) is 0 Å². The van der Waals surface area contributed by atoms with Gasteiger partial charge in [0, 0.05) is 5.54 Å². The molecular formula is C12H14Cl2N2O2. The number of rotatable bonds is 1. The van der Waals surface area contributed by atoms with Crippen molar-refractivity contribution in [3.8, 4) is 0 Å². The molecule has 0 bridgehead atoms. The summed E-state index contributed by atoms with van der Waals surface area (Å²) in [5.74, 6) is -1.51. The lowest BCUT2D eigenvalue weighted by atomic mass is 10.1. The van der Waals surface area contributed by atoms with Gasteiger partial charge in [0.25, 0.3) is 0 Å². The van der Waals surface area contributed by atoms with Crippen LogP contribution in [0.4, 0.5) is 5.69 Å². The number of benzene rings is 1. The van der Waals surface area contributed by atoms with Crippen molar-refractivity contribution in [1.29, 1.82) is 0 Å². The second-order valence-electron chi connectivity index (χ2n) is 4.76. The maximum Gasteiger partial charge on any atom is 0.313 e. The zero-order valence-corrected chi connectivity index (χ0v) is 11.8. The Kier molecular flexibility index (Phi) is 4.59. The summed E-state index contributed by atoms with van der Waals surface area (Å²) in [5, 5.41) is 5.47. The van der Waals surface area contributed by atoms with Crippen LogP contribution in [-0.2, 0) is 9.59 Å². The van der Waals surface area contributed by atoms with Gasteiger partial charge in [0.05, 0.1) is 15.7 Å². The molecule has 0 spiro atoms. The van der Waals surface area contributed by atoms with Crippen molar-refractivity contribution < 1.29 is 9.59 Å². The molecule has 0 aromatic heterocycles. The van der Waals surface area contributed by atoms with Gasteiger partial charge < -0.3 is 10.6 Å². The van der Waals surface area contributed by atoms with Crippen molar-refractivity contribution >= 4 is 40.7 Å². The zero-order chi connectivity index (χ0) is 13.9. The van der Waals surface area contributed by atoms with Crippen LogP contribution in [0.1, 0.15) is 20.8 Å². The second-order valence-corrected chi connectivity index (χ2v) is 5.54. The monoisotopic (exact) mass is 288 g/mol. The van der Waals surface area contributed by atoms with Gasteiger partial charge in [-0.2, -0.15) is 0 Å². The van der Waals surface area contributed by atoms with Gasteiger partial charge in [0.15, 0.2) is 0 Å². The molecule has 0 aliphatic carbocycles. The number of nitrogens with one attached hydrogen (secondary N) is 2. The maximum absolute atomic E-state index is 11.6. The molecule has 6 heteroatoms. The van der Waals surface area contributed by atoms with Crippen LogP contribution in [0.5, 0.6) is 0 Å². The molecule has 18 heavy (non-hydrogen) atoms. The van der Waals surface area contributed by atoms with Crippen LogP contribution in [0.2, 0.25) is 10.0 Å². The predicted octanol–water partition coefficient (Wildman–Crippen LogP) is 2.85. The predicted molar refractivity (Wildman–Crippen MR) is 73.0 cm³/mol. The molecule has 0 saturated carbocycles. The third-order valence-corrected chi connectivity index (χ3v) is 2.71. The minimum Gasteiger partial charge on any atom is -0.343 e. The number of anilines is 1. The normalized spacial score (nSPS) is 10.9. The highest BCUT2D eigenvalue weighted by molar-refractivity contribution is 6.45. The van der Waals surface area contributed by atoms with Gasteiger partial charge in [0.2, 0.25) is 0 Å². The Morgan fingerprint density at radius 1 is 1.11 bits per heavy atom. The van der Waals surface area contributed by atoms with Gasteiger partial charge in [-0.3, -0.25) is 9.59 Å². The van der Waals surface area contributed by atoms with E-state index in [1.54, 1.807) is 39.0 Å². The van der Waals surface area contributed by atoms with Crippen LogP contribution in [0.3, 0.4) is 0 Å². The molecule has 2 N–H and O–H groups in total. The highest BCUT2D eigenvalue weighted by Gasteiger charge is 2.21. The smallest absolute Gasteiger partial charge is 0.313 e. The molecule has 4 nitrogen and oxygen atoms in total. The van der Waals surface area contributed by atoms with E-state index in [9.17, 15) is 9.59 Å². The summed E-state index contributed by atoms with van der Waals surface area (Å²) in [4.78, 5) is 23.2. The first-order valence-electron chi connectivity index (χ1n) is 5.28. The van der Waals surface area contributed by atoms with E-state index >= 15 is 0 Å². The van der Waals surface area contributed by atoms with Crippen LogP contribution in [0, 0.1) is 0 Å². The number of hydrogen-bond acceptors (Lipinski definition) is 2. The highest BCUT2D eigenvalue weighted by atomic mass is 35.5. The summed E-state index contributed by atoms with van der Waals surface area (Å²) >= 11 is 11.7. The summed E-state index contributed by atoms with van der Waals surface area (Å²) in [7, 11) is 0. The molecule has 1 aromatic carbocycles. The van der Waals surface area contributed by atoms with Crippen molar-refractivity contribution in [2.45, 2.75) is 26.3 Å². The fourth-order valence-corrected chi connectivity index (χ4v) is 1.52. The molecule has 0 unspecified atom stereocenters. The number of carbonyl (C=O) groups is 2. The quantitative estimate of drug-likeness (QED) is 0.781. The van der Waals surface area contributed by atoms with Crippen LogP contribution >= 0.6 is 23.2 Å². The van der Waals surface area contributed by atoms with Crippen LogP contribution in [0.25, 0.3) is 0 Å². The van der Waals surface area contributed by atoms with E-state index in [4.69, 9.17) is 23.2 Å². The van der Waals surface area contributed by atoms with E-state index < -0.39 is 17.4 Å². The van der Waals surface area contributed by atoms with Crippen molar-refractivity contribution in [3.05, 3.63) is 28.2 Å². The van der Waals surface area contributed by atoms with Gasteiger partial charge in [-0.1, -0.05) is 29.3 Å². The lowest BCUT2D eigenvalue weighted by molar-refractivity contribution is -0.137. The average Bonchev–Trinajstić information content (AvgIpc) is 2.22. The van der Waals surface area contributed by atoms with E-state index in [1.807, 2.05) is 0 Å². The van der Waals surface area contributed by atoms with E-state index in [1.165, 1.54) is 0 Å². The third-order valence-electron chi connectivity index (χ3n) is 1.89. The number of hydrogen-bond donors (Lipinski definition) is 2. The SMILES string of the molecule is CC(C)(C)NC(=O)C(=O)Nc1cccc(Cl)c1Cl. The Morgan fingerprint density at radius 3 is 2.28 bits per heavy atom. The Morgan fingerprint density at radius 2 is 1.72 bits per heavy atom. The molecule has 0 radical (unpaired) electrons. The minimum absolute atomic E-state index is 0.205. The lowest BCUT2D eigenvalue weighted by Crippen LogP contribution is -2.46. The molecule has 2 amide bonds. The summed E-state index contributed by atoms with van der Waals surface area (Å²) < 4.78 is 0. The van der Waals surface area contributed by atoms with Gasteiger partial charge >= 0.3 is 11.8 Å². The number of carbonyl (C=O) groups excluding carboxylic acids is 2. The number of halogens is 2. The molecular weight excluding hydrogens is 275 g/mol. The molecule has 1 rings (SSSR count). The topological polar surface area (TPSA) is 58.2 Å². The first-order valence-corrected chi connectivity index (χ1v) is 6.04. The zero-order valence-electron chi connectivity index (χ0n) is 10.3. The van der Waals surface area contributed by atoms with E-state index in [-0.39, 0.29) is 5.02 Å². The fourth-order valence-electron chi connectivity index (χ4n) is 1.18. The Labute approximate surface area is 116 Å². The summed E-state index contributed by atoms with van der Waals surface area (Å²) in [6, 6.07) is 4.79. The van der Waals surface area contributed by atoms with Crippen LogP contribution in [-0.4, -0.2) is 17.4 Å². The molecule has 0 atom stereocenters. The van der Waals surface area contributed by atoms with Crippen molar-refractivity contribution in [1.82, 2.24) is 5.32 Å². The summed E-state index contributed by atoms with van der Waals surface area (Å²) in [6.45, 7) is 5.35. The highest BCUT2D eigenvalue weighted by Crippen LogP contribution is 2.29. The largest absolute Gasteiger partial charge is 0.343 e. The van der Waals surface area contributed by atoms with Gasteiger partial charge in [-0.15, -0.1) is 0 Å². The first-order chi connectivity index (χ1) is 8.20. The molecule has 0 fully saturated rings. The molecule has 98 valence electrons. The lowest BCUT2D eigenvalue weighted by Gasteiger charge is -2.20. The van der Waals surface area contributed by atoms with Crippen molar-refractivity contribution in [2.24, 2.45) is 0 Å². The van der Waals surface area contributed by atoms with Gasteiger partial charge in [-0.05, 0) is 32.9 Å². The van der Waals surface area contributed by atoms with Crippen molar-refractivity contribution in [2.75, 3.05) is 5.32 Å². The second kappa shape index (κ2) is 5.59. The Hall–Kier alpha value is -1.26. The first kappa shape index (κ1) is 14.8. The Balaban J connectivity index is 2.76. The average molecular weight is 289 g/mol. The van der Waals surface area contributed by atoms with E-state index in [2.05, 4.69) is 10.6 Å².